The lowest BCUT2D eigenvalue weighted by atomic mass is 10.2. The molecule has 1 rings (SSSR count). The maximum atomic E-state index is 11.9. The third-order valence-corrected chi connectivity index (χ3v) is 2.36. The number of morpholine rings is 1. The van der Waals surface area contributed by atoms with Crippen LogP contribution in [0.3, 0.4) is 0 Å². The predicted molar refractivity (Wildman–Crippen MR) is 52.9 cm³/mol. The summed E-state index contributed by atoms with van der Waals surface area (Å²) in [5.74, 6) is -2.03. The minimum atomic E-state index is -4.48. The van der Waals surface area contributed by atoms with Crippen molar-refractivity contribution in [3.05, 3.63) is 0 Å². The smallest absolute Gasteiger partial charge is 0.405 e. The molecule has 1 aliphatic heterocycles. The zero-order valence-electron chi connectivity index (χ0n) is 9.37. The Hall–Kier alpha value is -1.35. The van der Waals surface area contributed by atoms with E-state index in [-0.39, 0.29) is 19.8 Å². The summed E-state index contributed by atoms with van der Waals surface area (Å²) in [4.78, 5) is 23.3. The fourth-order valence-corrected chi connectivity index (χ4v) is 1.49. The zero-order chi connectivity index (χ0) is 13.8. The fourth-order valence-electron chi connectivity index (χ4n) is 1.49. The van der Waals surface area contributed by atoms with Crippen LogP contribution in [0, 0.1) is 0 Å². The van der Waals surface area contributed by atoms with Gasteiger partial charge in [-0.25, -0.2) is 0 Å². The zero-order valence-corrected chi connectivity index (χ0v) is 9.37. The molecule has 0 aromatic carbocycles. The maximum Gasteiger partial charge on any atom is 0.405 e. The third kappa shape index (κ3) is 4.88. The Morgan fingerprint density at radius 2 is 2.11 bits per heavy atom. The summed E-state index contributed by atoms with van der Waals surface area (Å²) in [6, 6.07) is -1.00. The second-order valence-electron chi connectivity index (χ2n) is 3.79. The Balaban J connectivity index is 2.44. The molecule has 2 N–H and O–H groups in total. The summed E-state index contributed by atoms with van der Waals surface area (Å²) >= 11 is 0. The highest BCUT2D eigenvalue weighted by Crippen LogP contribution is 2.12. The average molecular weight is 270 g/mol. The van der Waals surface area contributed by atoms with Crippen LogP contribution in [0.1, 0.15) is 0 Å². The second kappa shape index (κ2) is 6.01. The van der Waals surface area contributed by atoms with Crippen molar-refractivity contribution in [3.63, 3.8) is 0 Å². The largest absolute Gasteiger partial charge is 0.480 e. The summed E-state index contributed by atoms with van der Waals surface area (Å²) in [7, 11) is 0. The maximum absolute atomic E-state index is 11.9. The van der Waals surface area contributed by atoms with Crippen LogP contribution in [-0.2, 0) is 14.3 Å². The number of carboxylic acid groups (broad SMARTS) is 1. The van der Waals surface area contributed by atoms with E-state index in [2.05, 4.69) is 0 Å². The van der Waals surface area contributed by atoms with Gasteiger partial charge in [-0.15, -0.1) is 0 Å². The monoisotopic (exact) mass is 270 g/mol. The van der Waals surface area contributed by atoms with Crippen molar-refractivity contribution in [2.45, 2.75) is 12.2 Å². The van der Waals surface area contributed by atoms with Gasteiger partial charge in [0.2, 0.25) is 5.91 Å². The van der Waals surface area contributed by atoms with E-state index in [1.165, 1.54) is 4.90 Å². The Bertz CT molecular complexity index is 321. The number of nitrogens with one attached hydrogen (secondary N) is 1. The third-order valence-electron chi connectivity index (χ3n) is 2.36. The molecule has 1 saturated heterocycles. The van der Waals surface area contributed by atoms with Crippen molar-refractivity contribution in [1.82, 2.24) is 10.2 Å². The quantitative estimate of drug-likeness (QED) is 0.716. The van der Waals surface area contributed by atoms with E-state index in [4.69, 9.17) is 9.84 Å². The Morgan fingerprint density at radius 3 is 2.67 bits per heavy atom. The van der Waals surface area contributed by atoms with Gasteiger partial charge < -0.3 is 15.2 Å². The lowest BCUT2D eigenvalue weighted by Gasteiger charge is -2.32. The van der Waals surface area contributed by atoms with Gasteiger partial charge in [-0.2, -0.15) is 13.2 Å². The number of hydrogen-bond donors (Lipinski definition) is 2. The van der Waals surface area contributed by atoms with Crippen LogP contribution in [0.15, 0.2) is 0 Å². The molecule has 18 heavy (non-hydrogen) atoms. The van der Waals surface area contributed by atoms with E-state index in [0.717, 1.165) is 0 Å². The highest BCUT2D eigenvalue weighted by molar-refractivity contribution is 5.80. The van der Waals surface area contributed by atoms with Crippen LogP contribution in [0.25, 0.3) is 0 Å². The number of aliphatic carboxylic acids is 1. The van der Waals surface area contributed by atoms with E-state index in [0.29, 0.717) is 0 Å². The number of hydrogen-bond acceptors (Lipinski definition) is 4. The van der Waals surface area contributed by atoms with E-state index in [1.54, 1.807) is 5.32 Å². The van der Waals surface area contributed by atoms with Gasteiger partial charge in [-0.3, -0.25) is 14.5 Å². The van der Waals surface area contributed by atoms with Gasteiger partial charge in [0.05, 0.1) is 19.8 Å². The summed E-state index contributed by atoms with van der Waals surface area (Å²) in [5.41, 5.74) is 0. The number of halogens is 3. The molecule has 9 heteroatoms. The topological polar surface area (TPSA) is 78.9 Å². The molecule has 1 aliphatic rings. The van der Waals surface area contributed by atoms with E-state index in [9.17, 15) is 22.8 Å². The molecular formula is C9H13F3N2O4. The Labute approximate surface area is 101 Å². The first-order valence-electron chi connectivity index (χ1n) is 5.17. The van der Waals surface area contributed by atoms with Crippen LogP contribution < -0.4 is 5.32 Å². The summed E-state index contributed by atoms with van der Waals surface area (Å²) in [6.07, 6.45) is -4.48. The van der Waals surface area contributed by atoms with Gasteiger partial charge in [-0.1, -0.05) is 0 Å². The molecule has 1 amide bonds. The lowest BCUT2D eigenvalue weighted by Crippen LogP contribution is -2.53. The average Bonchev–Trinajstić information content (AvgIpc) is 2.26. The molecule has 6 nitrogen and oxygen atoms in total. The summed E-state index contributed by atoms with van der Waals surface area (Å²) in [5, 5.41) is 10.5. The van der Waals surface area contributed by atoms with Crippen molar-refractivity contribution in [2.75, 3.05) is 32.8 Å². The molecule has 1 atom stereocenters. The van der Waals surface area contributed by atoms with Gasteiger partial charge in [0.1, 0.15) is 12.6 Å². The van der Waals surface area contributed by atoms with Gasteiger partial charge in [0.15, 0.2) is 0 Å². The van der Waals surface area contributed by atoms with Crippen LogP contribution in [-0.4, -0.2) is 66.9 Å². The number of ether oxygens (including phenoxy) is 1. The van der Waals surface area contributed by atoms with E-state index in [1.807, 2.05) is 0 Å². The molecule has 0 aromatic heterocycles. The minimum absolute atomic E-state index is 0.0815. The first kappa shape index (κ1) is 14.7. The van der Waals surface area contributed by atoms with Crippen molar-refractivity contribution < 1.29 is 32.6 Å². The van der Waals surface area contributed by atoms with Crippen LogP contribution in [0.4, 0.5) is 13.2 Å². The molecule has 0 aliphatic carbocycles. The number of carbonyl (C=O) groups is 2. The standard InChI is InChI=1S/C9H13F3N2O4/c10-9(11,12)5-13-7(15)3-14-1-2-18-4-6(14)8(16)17/h6H,1-5H2,(H,13,15)(H,16,17). The molecule has 1 fully saturated rings. The van der Waals surface area contributed by atoms with Crippen LogP contribution in [0.2, 0.25) is 0 Å². The molecule has 0 spiro atoms. The minimum Gasteiger partial charge on any atom is -0.480 e. The SMILES string of the molecule is O=C(CN1CCOCC1C(=O)O)NCC(F)(F)F. The molecule has 0 bridgehead atoms. The van der Waals surface area contributed by atoms with Gasteiger partial charge >= 0.3 is 12.1 Å². The first-order chi connectivity index (χ1) is 8.29. The first-order valence-corrected chi connectivity index (χ1v) is 5.17. The van der Waals surface area contributed by atoms with Crippen LogP contribution >= 0.6 is 0 Å². The number of rotatable bonds is 4. The highest BCUT2D eigenvalue weighted by atomic mass is 19.4. The molecule has 1 heterocycles. The van der Waals surface area contributed by atoms with Gasteiger partial charge in [0, 0.05) is 6.54 Å². The summed E-state index contributed by atoms with van der Waals surface area (Å²) < 4.78 is 40.5. The second-order valence-corrected chi connectivity index (χ2v) is 3.79. The van der Waals surface area contributed by atoms with Gasteiger partial charge in [0.25, 0.3) is 0 Å². The van der Waals surface area contributed by atoms with Crippen LogP contribution in [0.5, 0.6) is 0 Å². The number of nitrogens with zero attached hydrogens (tertiary/aromatic N) is 1. The Morgan fingerprint density at radius 1 is 1.44 bits per heavy atom. The molecule has 0 radical (unpaired) electrons. The van der Waals surface area contributed by atoms with Crippen molar-refractivity contribution >= 4 is 11.9 Å². The lowest BCUT2D eigenvalue weighted by molar-refractivity contribution is -0.152. The number of carboxylic acids is 1. The van der Waals surface area contributed by atoms with E-state index < -0.39 is 37.2 Å². The molecule has 1 unspecified atom stereocenters. The highest BCUT2D eigenvalue weighted by Gasteiger charge is 2.32. The predicted octanol–water partition coefficient (Wildman–Crippen LogP) is -0.550. The molecule has 0 saturated carbocycles. The van der Waals surface area contributed by atoms with Crippen molar-refractivity contribution in [1.29, 1.82) is 0 Å². The normalized spacial score (nSPS) is 21.6. The molecule has 0 aromatic rings. The molecular weight excluding hydrogens is 257 g/mol. The summed E-state index contributed by atoms with van der Waals surface area (Å²) in [6.45, 7) is -1.46. The number of alkyl halides is 3. The van der Waals surface area contributed by atoms with Crippen molar-refractivity contribution in [2.24, 2.45) is 0 Å². The molecule has 104 valence electrons. The Kier molecular flexibility index (Phi) is 4.91. The number of amides is 1. The van der Waals surface area contributed by atoms with Crippen molar-refractivity contribution in [3.8, 4) is 0 Å². The van der Waals surface area contributed by atoms with Gasteiger partial charge in [-0.05, 0) is 0 Å². The fraction of sp³-hybridized carbons (Fsp3) is 0.778. The number of carbonyl (C=O) groups excluding carboxylic acids is 1. The van der Waals surface area contributed by atoms with E-state index >= 15 is 0 Å².